The van der Waals surface area contributed by atoms with Crippen LogP contribution in [0.5, 0.6) is 0 Å². The molecule has 0 aliphatic rings. The lowest BCUT2D eigenvalue weighted by atomic mass is 10.0. The number of hydrogen-bond donors (Lipinski definition) is 2. The fourth-order valence-electron chi connectivity index (χ4n) is 1.42. The maximum Gasteiger partial charge on any atom is 0.237 e. The third kappa shape index (κ3) is 5.70. The van der Waals surface area contributed by atoms with Crippen molar-refractivity contribution in [3.63, 3.8) is 0 Å². The molecule has 1 aromatic rings. The second kappa shape index (κ2) is 7.29. The Morgan fingerprint density at radius 1 is 1.59 bits per heavy atom. The first-order valence-electron chi connectivity index (χ1n) is 5.44. The summed E-state index contributed by atoms with van der Waals surface area (Å²) in [5, 5.41) is 6.45. The quantitative estimate of drug-likeness (QED) is 0.839. The zero-order chi connectivity index (χ0) is 12.1. The lowest BCUT2D eigenvalue weighted by molar-refractivity contribution is -0.122. The van der Waals surface area contributed by atoms with Crippen LogP contribution >= 0.6 is 12.4 Å². The Labute approximate surface area is 108 Å². The van der Waals surface area contributed by atoms with Crippen molar-refractivity contribution in [2.24, 2.45) is 11.7 Å². The average Bonchev–Trinajstić information content (AvgIpc) is 2.59. The van der Waals surface area contributed by atoms with Crippen molar-refractivity contribution in [2.75, 3.05) is 0 Å². The molecule has 1 aromatic heterocycles. The molecule has 1 amide bonds. The molecular formula is C11H20ClN3O2. The van der Waals surface area contributed by atoms with Gasteiger partial charge >= 0.3 is 0 Å². The highest BCUT2D eigenvalue weighted by molar-refractivity contribution is 5.85. The van der Waals surface area contributed by atoms with Crippen molar-refractivity contribution in [3.8, 4) is 0 Å². The Balaban J connectivity index is 0.00000256. The number of hydrogen-bond acceptors (Lipinski definition) is 4. The van der Waals surface area contributed by atoms with Crippen LogP contribution in [-0.2, 0) is 11.3 Å². The van der Waals surface area contributed by atoms with Gasteiger partial charge in [-0.05, 0) is 19.3 Å². The third-order valence-corrected chi connectivity index (χ3v) is 2.18. The van der Waals surface area contributed by atoms with Gasteiger partial charge in [-0.25, -0.2) is 0 Å². The third-order valence-electron chi connectivity index (χ3n) is 2.18. The van der Waals surface area contributed by atoms with Gasteiger partial charge in [0.25, 0.3) is 0 Å². The molecule has 1 rings (SSSR count). The van der Waals surface area contributed by atoms with E-state index in [1.165, 1.54) is 0 Å². The number of carbonyl (C=O) groups is 1. The lowest BCUT2D eigenvalue weighted by Crippen LogP contribution is -2.40. The van der Waals surface area contributed by atoms with Gasteiger partial charge in [-0.15, -0.1) is 12.4 Å². The minimum Gasteiger partial charge on any atom is -0.359 e. The molecular weight excluding hydrogens is 242 g/mol. The van der Waals surface area contributed by atoms with E-state index in [2.05, 4.69) is 10.5 Å². The summed E-state index contributed by atoms with van der Waals surface area (Å²) in [5.74, 6) is 0.902. The number of nitrogens with zero attached hydrogens (tertiary/aromatic N) is 1. The van der Waals surface area contributed by atoms with Gasteiger partial charge in [-0.3, -0.25) is 4.79 Å². The van der Waals surface area contributed by atoms with E-state index in [4.69, 9.17) is 10.3 Å². The Morgan fingerprint density at radius 2 is 2.24 bits per heavy atom. The number of amides is 1. The topological polar surface area (TPSA) is 81.2 Å². The number of nitrogens with two attached hydrogens (primary N) is 1. The number of nitrogens with one attached hydrogen (secondary N) is 1. The van der Waals surface area contributed by atoms with Crippen LogP contribution in [0.3, 0.4) is 0 Å². The summed E-state index contributed by atoms with van der Waals surface area (Å²) in [6, 6.07) is 1.33. The molecule has 0 aliphatic heterocycles. The van der Waals surface area contributed by atoms with Gasteiger partial charge in [0.1, 0.15) is 0 Å². The molecule has 0 radical (unpaired) electrons. The number of rotatable bonds is 5. The smallest absolute Gasteiger partial charge is 0.237 e. The van der Waals surface area contributed by atoms with E-state index in [-0.39, 0.29) is 18.3 Å². The zero-order valence-electron chi connectivity index (χ0n) is 10.4. The molecule has 0 aliphatic carbocycles. The molecule has 98 valence electrons. The molecule has 1 atom stereocenters. The summed E-state index contributed by atoms with van der Waals surface area (Å²) in [6.07, 6.45) is 0.682. The van der Waals surface area contributed by atoms with Gasteiger partial charge in [0.05, 0.1) is 18.3 Å². The Kier molecular flexibility index (Phi) is 6.83. The highest BCUT2D eigenvalue weighted by Gasteiger charge is 2.14. The minimum absolute atomic E-state index is 0. The van der Waals surface area contributed by atoms with Crippen molar-refractivity contribution in [2.45, 2.75) is 39.8 Å². The fourth-order valence-corrected chi connectivity index (χ4v) is 1.42. The van der Waals surface area contributed by atoms with Crippen LogP contribution in [0.2, 0.25) is 0 Å². The normalized spacial score (nSPS) is 12.1. The maximum absolute atomic E-state index is 11.6. The molecule has 17 heavy (non-hydrogen) atoms. The van der Waals surface area contributed by atoms with Crippen LogP contribution < -0.4 is 11.1 Å². The second-order valence-electron chi connectivity index (χ2n) is 4.39. The summed E-state index contributed by atoms with van der Waals surface area (Å²) in [6.45, 7) is 6.24. The minimum atomic E-state index is -0.455. The highest BCUT2D eigenvalue weighted by atomic mass is 35.5. The Hall–Kier alpha value is -1.07. The van der Waals surface area contributed by atoms with Crippen molar-refractivity contribution in [1.29, 1.82) is 0 Å². The van der Waals surface area contributed by atoms with Crippen molar-refractivity contribution in [1.82, 2.24) is 10.5 Å². The number of aryl methyl sites for hydroxylation is 1. The highest BCUT2D eigenvalue weighted by Crippen LogP contribution is 2.04. The first-order chi connectivity index (χ1) is 7.49. The molecule has 6 heteroatoms. The van der Waals surface area contributed by atoms with Crippen LogP contribution in [0.25, 0.3) is 0 Å². The molecule has 3 N–H and O–H groups in total. The summed E-state index contributed by atoms with van der Waals surface area (Å²) >= 11 is 0. The number of carbonyl (C=O) groups excluding carboxylic acids is 1. The molecule has 5 nitrogen and oxygen atoms in total. The van der Waals surface area contributed by atoms with E-state index in [1.807, 2.05) is 20.8 Å². The Morgan fingerprint density at radius 3 is 2.71 bits per heavy atom. The second-order valence-corrected chi connectivity index (χ2v) is 4.39. The number of aromatic nitrogens is 1. The zero-order valence-corrected chi connectivity index (χ0v) is 11.2. The molecule has 0 unspecified atom stereocenters. The number of halogens is 1. The van der Waals surface area contributed by atoms with E-state index < -0.39 is 6.04 Å². The molecule has 0 aromatic carbocycles. The van der Waals surface area contributed by atoms with E-state index in [0.717, 1.165) is 5.69 Å². The molecule has 0 saturated heterocycles. The monoisotopic (exact) mass is 261 g/mol. The van der Waals surface area contributed by atoms with Gasteiger partial charge in [-0.2, -0.15) is 0 Å². The van der Waals surface area contributed by atoms with Crippen LogP contribution in [0.15, 0.2) is 10.6 Å². The summed E-state index contributed by atoms with van der Waals surface area (Å²) in [4.78, 5) is 11.6. The van der Waals surface area contributed by atoms with Crippen LogP contribution in [0.1, 0.15) is 31.7 Å². The molecule has 1 heterocycles. The lowest BCUT2D eigenvalue weighted by Gasteiger charge is -2.13. The Bertz CT molecular complexity index is 352. The molecule has 0 bridgehead atoms. The van der Waals surface area contributed by atoms with Crippen LogP contribution in [0.4, 0.5) is 0 Å². The maximum atomic E-state index is 11.6. The van der Waals surface area contributed by atoms with E-state index in [0.29, 0.717) is 24.6 Å². The largest absolute Gasteiger partial charge is 0.359 e. The summed E-state index contributed by atoms with van der Waals surface area (Å²) in [7, 11) is 0. The SMILES string of the molecule is Cc1cc(CNC(=O)[C@@H](N)CC(C)C)on1.Cl. The average molecular weight is 262 g/mol. The fraction of sp³-hybridized carbons (Fsp3) is 0.636. The predicted molar refractivity (Wildman–Crippen MR) is 67.8 cm³/mol. The van der Waals surface area contributed by atoms with Crippen molar-refractivity contribution in [3.05, 3.63) is 17.5 Å². The standard InChI is InChI=1S/C11H19N3O2.ClH/c1-7(2)4-10(12)11(15)13-6-9-5-8(3)14-16-9;/h5,7,10H,4,6,12H2,1-3H3,(H,13,15);1H/t10-;/m0./s1. The molecule has 0 spiro atoms. The van der Waals surface area contributed by atoms with Crippen LogP contribution in [-0.4, -0.2) is 17.1 Å². The van der Waals surface area contributed by atoms with Gasteiger partial charge in [0.2, 0.25) is 5.91 Å². The summed E-state index contributed by atoms with van der Waals surface area (Å²) in [5.41, 5.74) is 6.53. The molecule has 0 saturated carbocycles. The van der Waals surface area contributed by atoms with E-state index in [1.54, 1.807) is 6.07 Å². The van der Waals surface area contributed by atoms with Gasteiger partial charge in [0.15, 0.2) is 5.76 Å². The van der Waals surface area contributed by atoms with Crippen molar-refractivity contribution < 1.29 is 9.32 Å². The van der Waals surface area contributed by atoms with Crippen LogP contribution in [0, 0.1) is 12.8 Å². The van der Waals surface area contributed by atoms with Crippen molar-refractivity contribution >= 4 is 18.3 Å². The first-order valence-corrected chi connectivity index (χ1v) is 5.44. The van der Waals surface area contributed by atoms with E-state index in [9.17, 15) is 4.79 Å². The van der Waals surface area contributed by atoms with Gasteiger partial charge in [0, 0.05) is 6.07 Å². The molecule has 0 fully saturated rings. The summed E-state index contributed by atoms with van der Waals surface area (Å²) < 4.78 is 4.97. The predicted octanol–water partition coefficient (Wildman–Crippen LogP) is 1.39. The van der Waals surface area contributed by atoms with Gasteiger partial charge < -0.3 is 15.6 Å². The van der Waals surface area contributed by atoms with Gasteiger partial charge in [-0.1, -0.05) is 19.0 Å². The first kappa shape index (κ1) is 15.9. The van der Waals surface area contributed by atoms with E-state index >= 15 is 0 Å².